The average molecular weight is 287 g/mol. The van der Waals surface area contributed by atoms with E-state index in [1.165, 1.54) is 6.07 Å². The quantitative estimate of drug-likeness (QED) is 0.369. The van der Waals surface area contributed by atoms with Gasteiger partial charge in [-0.25, -0.2) is 0 Å². The summed E-state index contributed by atoms with van der Waals surface area (Å²) >= 11 is 0. The van der Waals surface area contributed by atoms with Gasteiger partial charge in [-0.2, -0.15) is 0 Å². The predicted octanol–water partition coefficient (Wildman–Crippen LogP) is 2.98. The molecule has 0 heterocycles. The molecule has 0 aliphatic heterocycles. The molecule has 110 valence electrons. The van der Waals surface area contributed by atoms with Crippen molar-refractivity contribution in [3.8, 4) is 5.75 Å². The number of nitro benzene ring substituents is 1. The zero-order valence-corrected chi connectivity index (χ0v) is 11.7. The molecule has 0 unspecified atom stereocenters. The first-order valence-corrected chi connectivity index (χ1v) is 6.54. The van der Waals surface area contributed by atoms with Gasteiger partial charge in [-0.1, -0.05) is 18.2 Å². The molecule has 2 aromatic carbocycles. The molecule has 0 saturated heterocycles. The highest BCUT2D eigenvalue weighted by atomic mass is 16.6. The smallest absolute Gasteiger partial charge is 0.292 e. The fourth-order valence-corrected chi connectivity index (χ4v) is 1.98. The first-order chi connectivity index (χ1) is 10.1. The molecule has 6 heteroatoms. The van der Waals surface area contributed by atoms with Crippen LogP contribution in [0.2, 0.25) is 0 Å². The highest BCUT2D eigenvalue weighted by Crippen LogP contribution is 2.27. The van der Waals surface area contributed by atoms with Crippen molar-refractivity contribution < 1.29 is 9.66 Å². The minimum Gasteiger partial charge on any atom is -0.492 e. The normalized spacial score (nSPS) is 10.1. The number of nitrogens with two attached hydrogens (primary N) is 1. The number of anilines is 2. The highest BCUT2D eigenvalue weighted by molar-refractivity contribution is 5.65. The Kier molecular flexibility index (Phi) is 4.61. The van der Waals surface area contributed by atoms with E-state index in [0.717, 1.165) is 5.56 Å². The number of aryl methyl sites for hydroxylation is 1. The van der Waals surface area contributed by atoms with Crippen LogP contribution in [0.4, 0.5) is 17.1 Å². The first kappa shape index (κ1) is 14.6. The average Bonchev–Trinajstić information content (AvgIpc) is 2.44. The Morgan fingerprint density at radius 2 is 2.05 bits per heavy atom. The lowest BCUT2D eigenvalue weighted by atomic mass is 10.1. The summed E-state index contributed by atoms with van der Waals surface area (Å²) < 4.78 is 5.54. The highest BCUT2D eigenvalue weighted by Gasteiger charge is 2.14. The lowest BCUT2D eigenvalue weighted by Crippen LogP contribution is -2.13. The Hall–Kier alpha value is -2.76. The zero-order valence-electron chi connectivity index (χ0n) is 11.7. The van der Waals surface area contributed by atoms with E-state index in [1.54, 1.807) is 18.2 Å². The van der Waals surface area contributed by atoms with Crippen molar-refractivity contribution in [2.45, 2.75) is 6.92 Å². The van der Waals surface area contributed by atoms with Gasteiger partial charge in [0.25, 0.3) is 5.69 Å². The molecule has 0 radical (unpaired) electrons. The Morgan fingerprint density at radius 1 is 1.29 bits per heavy atom. The maximum atomic E-state index is 11.0. The van der Waals surface area contributed by atoms with Gasteiger partial charge >= 0.3 is 0 Å². The van der Waals surface area contributed by atoms with Crippen LogP contribution in [0.25, 0.3) is 0 Å². The Morgan fingerprint density at radius 3 is 2.76 bits per heavy atom. The maximum absolute atomic E-state index is 11.0. The van der Waals surface area contributed by atoms with Crippen molar-refractivity contribution in [3.63, 3.8) is 0 Å². The van der Waals surface area contributed by atoms with E-state index in [1.807, 2.05) is 25.1 Å². The third kappa shape index (κ3) is 3.85. The molecule has 0 bridgehead atoms. The van der Waals surface area contributed by atoms with Gasteiger partial charge in [0.15, 0.2) is 0 Å². The number of nitro groups is 1. The Bertz CT molecular complexity index is 644. The van der Waals surface area contributed by atoms with Gasteiger partial charge in [-0.15, -0.1) is 0 Å². The van der Waals surface area contributed by atoms with Gasteiger partial charge in [-0.3, -0.25) is 10.1 Å². The summed E-state index contributed by atoms with van der Waals surface area (Å²) in [5, 5.41) is 14.0. The standard InChI is InChI=1S/C15H17N3O3/c1-11-4-2-7-14(18(19)20)15(11)17-8-9-21-13-6-3-5-12(16)10-13/h2-7,10,17H,8-9,16H2,1H3. The molecular weight excluding hydrogens is 270 g/mol. The van der Waals surface area contributed by atoms with E-state index >= 15 is 0 Å². The van der Waals surface area contributed by atoms with Gasteiger partial charge in [0.2, 0.25) is 0 Å². The number of hydrogen-bond acceptors (Lipinski definition) is 5. The first-order valence-electron chi connectivity index (χ1n) is 6.54. The summed E-state index contributed by atoms with van der Waals surface area (Å²) in [6.45, 7) is 2.67. The Labute approximate surface area is 122 Å². The molecule has 2 rings (SSSR count). The molecule has 0 aliphatic rings. The van der Waals surface area contributed by atoms with Gasteiger partial charge in [0.05, 0.1) is 4.92 Å². The van der Waals surface area contributed by atoms with Crippen molar-refractivity contribution >= 4 is 17.1 Å². The number of para-hydroxylation sites is 1. The van der Waals surface area contributed by atoms with E-state index in [-0.39, 0.29) is 5.69 Å². The molecule has 6 nitrogen and oxygen atoms in total. The summed E-state index contributed by atoms with van der Waals surface area (Å²) in [5.41, 5.74) is 7.71. The monoisotopic (exact) mass is 287 g/mol. The van der Waals surface area contributed by atoms with Crippen molar-refractivity contribution in [2.24, 2.45) is 0 Å². The predicted molar refractivity (Wildman–Crippen MR) is 82.7 cm³/mol. The molecule has 0 saturated carbocycles. The van der Waals surface area contributed by atoms with Crippen LogP contribution in [0.1, 0.15) is 5.56 Å². The van der Waals surface area contributed by atoms with E-state index < -0.39 is 4.92 Å². The maximum Gasteiger partial charge on any atom is 0.292 e. The fourth-order valence-electron chi connectivity index (χ4n) is 1.98. The molecule has 0 atom stereocenters. The largest absolute Gasteiger partial charge is 0.492 e. The SMILES string of the molecule is Cc1cccc([N+](=O)[O-])c1NCCOc1cccc(N)c1. The van der Waals surface area contributed by atoms with Gasteiger partial charge in [0, 0.05) is 24.4 Å². The van der Waals surface area contributed by atoms with E-state index in [0.29, 0.717) is 30.3 Å². The zero-order chi connectivity index (χ0) is 15.2. The van der Waals surface area contributed by atoms with Gasteiger partial charge in [-0.05, 0) is 24.6 Å². The van der Waals surface area contributed by atoms with Crippen molar-refractivity contribution in [1.29, 1.82) is 0 Å². The van der Waals surface area contributed by atoms with Crippen LogP contribution in [0, 0.1) is 17.0 Å². The van der Waals surface area contributed by atoms with Crippen LogP contribution in [-0.4, -0.2) is 18.1 Å². The van der Waals surface area contributed by atoms with Crippen molar-refractivity contribution in [3.05, 3.63) is 58.1 Å². The number of benzene rings is 2. The lowest BCUT2D eigenvalue weighted by molar-refractivity contribution is -0.384. The molecule has 0 fully saturated rings. The summed E-state index contributed by atoms with van der Waals surface area (Å²) in [6, 6.07) is 12.1. The molecule has 0 amide bonds. The van der Waals surface area contributed by atoms with Crippen LogP contribution >= 0.6 is 0 Å². The third-order valence-corrected chi connectivity index (χ3v) is 2.98. The van der Waals surface area contributed by atoms with E-state index in [4.69, 9.17) is 10.5 Å². The summed E-state index contributed by atoms with van der Waals surface area (Å²) in [5.74, 6) is 0.677. The van der Waals surface area contributed by atoms with Crippen LogP contribution in [0.3, 0.4) is 0 Å². The van der Waals surface area contributed by atoms with Crippen LogP contribution in [0.15, 0.2) is 42.5 Å². The second-order valence-electron chi connectivity index (χ2n) is 4.57. The molecular formula is C15H17N3O3. The third-order valence-electron chi connectivity index (χ3n) is 2.98. The van der Waals surface area contributed by atoms with E-state index in [9.17, 15) is 10.1 Å². The molecule has 0 aromatic heterocycles. The fraction of sp³-hybridized carbons (Fsp3) is 0.200. The van der Waals surface area contributed by atoms with Crippen LogP contribution < -0.4 is 15.8 Å². The second-order valence-corrected chi connectivity index (χ2v) is 4.57. The number of ether oxygens (including phenoxy) is 1. The lowest BCUT2D eigenvalue weighted by Gasteiger charge is -2.11. The summed E-state index contributed by atoms with van der Waals surface area (Å²) in [4.78, 5) is 10.6. The van der Waals surface area contributed by atoms with Gasteiger partial charge < -0.3 is 15.8 Å². The molecule has 3 N–H and O–H groups in total. The number of rotatable bonds is 6. The second kappa shape index (κ2) is 6.60. The number of nitrogens with zero attached hydrogens (tertiary/aromatic N) is 1. The van der Waals surface area contributed by atoms with Crippen LogP contribution in [-0.2, 0) is 0 Å². The molecule has 0 aliphatic carbocycles. The minimum absolute atomic E-state index is 0.0685. The number of hydrogen-bond donors (Lipinski definition) is 2. The van der Waals surface area contributed by atoms with Crippen LogP contribution in [0.5, 0.6) is 5.75 Å². The van der Waals surface area contributed by atoms with Crippen molar-refractivity contribution in [2.75, 3.05) is 24.2 Å². The molecule has 2 aromatic rings. The molecule has 0 spiro atoms. The minimum atomic E-state index is -0.395. The number of nitrogen functional groups attached to an aromatic ring is 1. The molecule has 21 heavy (non-hydrogen) atoms. The van der Waals surface area contributed by atoms with Crippen molar-refractivity contribution in [1.82, 2.24) is 0 Å². The topological polar surface area (TPSA) is 90.4 Å². The Balaban J connectivity index is 1.93. The van der Waals surface area contributed by atoms with E-state index in [2.05, 4.69) is 5.32 Å². The number of nitrogens with one attached hydrogen (secondary N) is 1. The summed E-state index contributed by atoms with van der Waals surface area (Å²) in [7, 11) is 0. The summed E-state index contributed by atoms with van der Waals surface area (Å²) in [6.07, 6.45) is 0. The van der Waals surface area contributed by atoms with Gasteiger partial charge in [0.1, 0.15) is 18.0 Å².